The number of hydrogen-bond acceptors (Lipinski definition) is 9. The van der Waals surface area contributed by atoms with Gasteiger partial charge in [-0.15, -0.1) is 10.2 Å². The van der Waals surface area contributed by atoms with E-state index in [4.69, 9.17) is 18.3 Å². The molecule has 10 heteroatoms. The van der Waals surface area contributed by atoms with Crippen LogP contribution >= 0.6 is 11.8 Å². The molecule has 0 saturated heterocycles. The lowest BCUT2D eigenvalue weighted by molar-refractivity contribution is -0.115. The molecule has 1 unspecified atom stereocenters. The molecule has 0 bridgehead atoms. The van der Waals surface area contributed by atoms with Gasteiger partial charge in [-0.3, -0.25) is 4.79 Å². The van der Waals surface area contributed by atoms with Crippen LogP contribution in [0, 0.1) is 0 Å². The molecule has 0 radical (unpaired) electrons. The molecule has 1 aromatic carbocycles. The second kappa shape index (κ2) is 10.2. The van der Waals surface area contributed by atoms with Crippen LogP contribution in [0.3, 0.4) is 0 Å². The summed E-state index contributed by atoms with van der Waals surface area (Å²) in [6.07, 6.45) is 3.66. The lowest BCUT2D eigenvalue weighted by atomic mass is 10.2. The molecule has 0 spiro atoms. The van der Waals surface area contributed by atoms with E-state index in [-0.39, 0.29) is 5.91 Å². The fourth-order valence-electron chi connectivity index (χ4n) is 3.08. The zero-order valence-corrected chi connectivity index (χ0v) is 19.1. The van der Waals surface area contributed by atoms with Gasteiger partial charge in [-0.2, -0.15) is 0 Å². The number of amides is 1. The van der Waals surface area contributed by atoms with Gasteiger partial charge in [0.25, 0.3) is 0 Å². The molecular formula is C23H22N4O5S. The molecule has 0 aliphatic rings. The van der Waals surface area contributed by atoms with E-state index >= 15 is 0 Å². The summed E-state index contributed by atoms with van der Waals surface area (Å²) in [5.41, 5.74) is 1.51. The summed E-state index contributed by atoms with van der Waals surface area (Å²) >= 11 is 1.22. The zero-order valence-electron chi connectivity index (χ0n) is 18.3. The first-order valence-corrected chi connectivity index (χ1v) is 11.0. The van der Waals surface area contributed by atoms with Gasteiger partial charge in [0.05, 0.1) is 32.0 Å². The van der Waals surface area contributed by atoms with E-state index in [0.717, 1.165) is 0 Å². The number of carbonyl (C=O) groups is 1. The monoisotopic (exact) mass is 466 g/mol. The van der Waals surface area contributed by atoms with E-state index in [9.17, 15) is 4.79 Å². The smallest absolute Gasteiger partial charge is 0.237 e. The second-order valence-electron chi connectivity index (χ2n) is 6.85. The predicted molar refractivity (Wildman–Crippen MR) is 123 cm³/mol. The lowest BCUT2D eigenvalue weighted by Crippen LogP contribution is -2.25. The number of rotatable bonds is 9. The van der Waals surface area contributed by atoms with E-state index in [1.54, 1.807) is 69.2 Å². The fourth-order valence-corrected chi connectivity index (χ4v) is 3.90. The van der Waals surface area contributed by atoms with Gasteiger partial charge in [0, 0.05) is 23.9 Å². The minimum atomic E-state index is -0.456. The number of carbonyl (C=O) groups excluding carboxylic acids is 1. The van der Waals surface area contributed by atoms with Gasteiger partial charge in [0.15, 0.2) is 17.2 Å². The van der Waals surface area contributed by atoms with Crippen molar-refractivity contribution in [1.29, 1.82) is 0 Å². The number of nitrogens with one attached hydrogen (secondary N) is 1. The molecule has 0 saturated carbocycles. The molecule has 0 aliphatic carbocycles. The summed E-state index contributed by atoms with van der Waals surface area (Å²) in [5, 5.41) is 11.3. The normalized spacial score (nSPS) is 11.7. The number of hydrogen-bond donors (Lipinski definition) is 1. The second-order valence-corrected chi connectivity index (χ2v) is 8.02. The van der Waals surface area contributed by atoms with Gasteiger partial charge in [-0.1, -0.05) is 18.7 Å². The van der Waals surface area contributed by atoms with Crippen molar-refractivity contribution in [3.63, 3.8) is 0 Å². The molecule has 1 amide bonds. The van der Waals surface area contributed by atoms with Gasteiger partial charge in [0.2, 0.25) is 11.1 Å². The van der Waals surface area contributed by atoms with Gasteiger partial charge >= 0.3 is 0 Å². The number of anilines is 1. The van der Waals surface area contributed by atoms with Crippen LogP contribution < -0.4 is 14.8 Å². The molecule has 0 aliphatic heterocycles. The standard InChI is InChI=1S/C23H22N4O5S/c1-4-19(22(28)24-14-11-15(29-2)13-16(12-14)30-3)33-23-25-20(17-7-5-9-31-17)21(26-27-23)18-8-6-10-32-18/h5-13,19H,4H2,1-3H3,(H,24,28). The quantitative estimate of drug-likeness (QED) is 0.343. The van der Waals surface area contributed by atoms with Gasteiger partial charge < -0.3 is 23.6 Å². The topological polar surface area (TPSA) is 113 Å². The van der Waals surface area contributed by atoms with Crippen molar-refractivity contribution in [2.75, 3.05) is 19.5 Å². The zero-order chi connectivity index (χ0) is 23.2. The van der Waals surface area contributed by atoms with Crippen molar-refractivity contribution in [1.82, 2.24) is 15.2 Å². The van der Waals surface area contributed by atoms with E-state index in [2.05, 4.69) is 20.5 Å². The fraction of sp³-hybridized carbons (Fsp3) is 0.217. The molecule has 3 aromatic heterocycles. The summed E-state index contributed by atoms with van der Waals surface area (Å²) in [6.45, 7) is 1.92. The van der Waals surface area contributed by atoms with Gasteiger partial charge in [-0.25, -0.2) is 4.98 Å². The molecule has 1 atom stereocenters. The molecule has 4 rings (SSSR count). The highest BCUT2D eigenvalue weighted by Crippen LogP contribution is 2.32. The Bertz CT molecular complexity index is 1190. The highest BCUT2D eigenvalue weighted by molar-refractivity contribution is 8.00. The van der Waals surface area contributed by atoms with Crippen LogP contribution in [0.15, 0.2) is 69.0 Å². The van der Waals surface area contributed by atoms with E-state index in [0.29, 0.717) is 51.7 Å². The first-order valence-electron chi connectivity index (χ1n) is 10.1. The van der Waals surface area contributed by atoms with Crippen LogP contribution in [0.2, 0.25) is 0 Å². The summed E-state index contributed by atoms with van der Waals surface area (Å²) < 4.78 is 21.5. The minimum absolute atomic E-state index is 0.198. The predicted octanol–water partition coefficient (Wildman–Crippen LogP) is 4.92. The van der Waals surface area contributed by atoms with E-state index < -0.39 is 5.25 Å². The third-order valence-electron chi connectivity index (χ3n) is 4.71. The average molecular weight is 467 g/mol. The van der Waals surface area contributed by atoms with Crippen LogP contribution in [0.4, 0.5) is 5.69 Å². The molecule has 0 fully saturated rings. The maximum absolute atomic E-state index is 13.0. The van der Waals surface area contributed by atoms with Crippen LogP contribution in [-0.2, 0) is 4.79 Å². The first kappa shape index (κ1) is 22.4. The maximum atomic E-state index is 13.0. The number of nitrogens with zero attached hydrogens (tertiary/aromatic N) is 3. The number of furan rings is 2. The highest BCUT2D eigenvalue weighted by Gasteiger charge is 2.23. The molecule has 33 heavy (non-hydrogen) atoms. The van der Waals surface area contributed by atoms with Crippen molar-refractivity contribution in [3.05, 3.63) is 55.0 Å². The lowest BCUT2D eigenvalue weighted by Gasteiger charge is -2.15. The summed E-state index contributed by atoms with van der Waals surface area (Å²) in [4.78, 5) is 17.6. The van der Waals surface area contributed by atoms with E-state index in [1.165, 1.54) is 11.8 Å². The van der Waals surface area contributed by atoms with Crippen LogP contribution in [-0.4, -0.2) is 40.6 Å². The largest absolute Gasteiger partial charge is 0.497 e. The summed E-state index contributed by atoms with van der Waals surface area (Å²) in [6, 6.07) is 12.3. The summed E-state index contributed by atoms with van der Waals surface area (Å²) in [7, 11) is 3.11. The van der Waals surface area contributed by atoms with Gasteiger partial charge in [0.1, 0.15) is 17.2 Å². The number of methoxy groups -OCH3 is 2. The Hall–Kier alpha value is -3.79. The Morgan fingerprint density at radius 1 is 1.00 bits per heavy atom. The Balaban J connectivity index is 1.57. The Labute approximate surface area is 194 Å². The van der Waals surface area contributed by atoms with Crippen molar-refractivity contribution >= 4 is 23.4 Å². The minimum Gasteiger partial charge on any atom is -0.497 e. The number of ether oxygens (including phenoxy) is 2. The van der Waals surface area contributed by atoms with E-state index in [1.807, 2.05) is 6.92 Å². The highest BCUT2D eigenvalue weighted by atomic mass is 32.2. The van der Waals surface area contributed by atoms with Crippen LogP contribution in [0.5, 0.6) is 11.5 Å². The average Bonchev–Trinajstić information content (AvgIpc) is 3.56. The molecule has 1 N–H and O–H groups in total. The van der Waals surface area contributed by atoms with Crippen molar-refractivity contribution in [2.45, 2.75) is 23.8 Å². The Kier molecular flexibility index (Phi) is 6.94. The molecule has 170 valence electrons. The Morgan fingerprint density at radius 2 is 1.64 bits per heavy atom. The Morgan fingerprint density at radius 3 is 2.18 bits per heavy atom. The van der Waals surface area contributed by atoms with Crippen molar-refractivity contribution < 1.29 is 23.1 Å². The maximum Gasteiger partial charge on any atom is 0.237 e. The van der Waals surface area contributed by atoms with Crippen molar-refractivity contribution in [2.24, 2.45) is 0 Å². The summed E-state index contributed by atoms with van der Waals surface area (Å²) in [5.74, 6) is 2.01. The third kappa shape index (κ3) is 5.17. The number of benzene rings is 1. The molecular weight excluding hydrogens is 444 g/mol. The SMILES string of the molecule is CCC(Sc1nnc(-c2ccco2)c(-c2ccco2)n1)C(=O)Nc1cc(OC)cc(OC)c1. The van der Waals surface area contributed by atoms with Crippen LogP contribution in [0.25, 0.3) is 22.9 Å². The number of thioether (sulfide) groups is 1. The van der Waals surface area contributed by atoms with Crippen LogP contribution in [0.1, 0.15) is 13.3 Å². The van der Waals surface area contributed by atoms with Gasteiger partial charge in [-0.05, 0) is 30.7 Å². The molecule has 3 heterocycles. The third-order valence-corrected chi connectivity index (χ3v) is 5.92. The first-order chi connectivity index (χ1) is 16.1. The van der Waals surface area contributed by atoms with Crippen molar-refractivity contribution in [3.8, 4) is 34.4 Å². The molecule has 4 aromatic rings. The number of aromatic nitrogens is 3. The molecule has 9 nitrogen and oxygen atoms in total.